The number of hydrogen-bond acceptors (Lipinski definition) is 5. The van der Waals surface area contributed by atoms with Gasteiger partial charge in [0.05, 0.1) is 14.2 Å². The molecule has 0 aromatic heterocycles. The summed E-state index contributed by atoms with van der Waals surface area (Å²) in [4.78, 5) is 12.3. The molecule has 5 nitrogen and oxygen atoms in total. The lowest BCUT2D eigenvalue weighted by Crippen LogP contribution is -2.28. The Balaban J connectivity index is 2.10. The van der Waals surface area contributed by atoms with Crippen molar-refractivity contribution in [3.63, 3.8) is 0 Å². The van der Waals surface area contributed by atoms with E-state index in [0.717, 1.165) is 4.47 Å². The summed E-state index contributed by atoms with van der Waals surface area (Å²) in [5.74, 6) is 1.08. The lowest BCUT2D eigenvalue weighted by molar-refractivity contribution is -0.141. The number of esters is 1. The van der Waals surface area contributed by atoms with E-state index >= 15 is 0 Å². The van der Waals surface area contributed by atoms with Crippen LogP contribution in [0.2, 0.25) is 0 Å². The molecule has 0 spiro atoms. The number of carbonyl (C=O) groups is 1. The molecule has 0 heterocycles. The molecule has 122 valence electrons. The number of hydrogen-bond donors (Lipinski definition) is 0. The highest BCUT2D eigenvalue weighted by Gasteiger charge is 2.21. The molecular formula is C17H17BrO5. The van der Waals surface area contributed by atoms with Crippen LogP contribution in [0.5, 0.6) is 23.0 Å². The van der Waals surface area contributed by atoms with Crippen molar-refractivity contribution in [2.24, 2.45) is 0 Å². The average Bonchev–Trinajstić information content (AvgIpc) is 2.56. The molecule has 23 heavy (non-hydrogen) atoms. The maximum absolute atomic E-state index is 12.3. The Hall–Kier alpha value is -2.21. The molecule has 0 aliphatic heterocycles. The third kappa shape index (κ3) is 4.39. The molecule has 0 fully saturated rings. The van der Waals surface area contributed by atoms with Crippen molar-refractivity contribution in [1.82, 2.24) is 0 Å². The van der Waals surface area contributed by atoms with Crippen molar-refractivity contribution < 1.29 is 23.7 Å². The second-order valence-electron chi connectivity index (χ2n) is 4.63. The molecule has 0 saturated heterocycles. The van der Waals surface area contributed by atoms with Crippen molar-refractivity contribution in [3.05, 3.63) is 46.9 Å². The highest BCUT2D eigenvalue weighted by atomic mass is 79.9. The van der Waals surface area contributed by atoms with Gasteiger partial charge in [0.15, 0.2) is 17.6 Å². The summed E-state index contributed by atoms with van der Waals surface area (Å²) in [6.07, 6.45) is -0.786. The fraction of sp³-hybridized carbons (Fsp3) is 0.235. The quantitative estimate of drug-likeness (QED) is 0.562. The minimum Gasteiger partial charge on any atom is -0.493 e. The van der Waals surface area contributed by atoms with E-state index in [-0.39, 0.29) is 5.75 Å². The van der Waals surface area contributed by atoms with E-state index in [9.17, 15) is 4.79 Å². The van der Waals surface area contributed by atoms with E-state index in [1.807, 2.05) is 12.1 Å². The van der Waals surface area contributed by atoms with Crippen LogP contribution in [0.1, 0.15) is 6.92 Å². The Bertz CT molecular complexity index is 647. The standard InChI is InChI=1S/C17H17BrO5/c1-11(22-13-9-7-12(18)8-10-13)17(19)23-16-14(20-2)5-4-6-15(16)21-3/h4-11H,1-3H3. The van der Waals surface area contributed by atoms with Crippen LogP contribution >= 0.6 is 15.9 Å². The van der Waals surface area contributed by atoms with Gasteiger partial charge in [0, 0.05) is 4.47 Å². The van der Waals surface area contributed by atoms with Gasteiger partial charge in [-0.05, 0) is 43.3 Å². The van der Waals surface area contributed by atoms with Gasteiger partial charge in [-0.3, -0.25) is 0 Å². The molecule has 0 N–H and O–H groups in total. The zero-order valence-corrected chi connectivity index (χ0v) is 14.6. The number of carbonyl (C=O) groups excluding carboxylic acids is 1. The van der Waals surface area contributed by atoms with E-state index in [2.05, 4.69) is 15.9 Å². The van der Waals surface area contributed by atoms with Gasteiger partial charge in [-0.25, -0.2) is 4.79 Å². The van der Waals surface area contributed by atoms with Gasteiger partial charge in [0.2, 0.25) is 5.75 Å². The molecule has 0 aliphatic carbocycles. The third-order valence-electron chi connectivity index (χ3n) is 3.04. The highest BCUT2D eigenvalue weighted by Crippen LogP contribution is 2.37. The van der Waals surface area contributed by atoms with Crippen LogP contribution in [-0.2, 0) is 4.79 Å². The van der Waals surface area contributed by atoms with Gasteiger partial charge < -0.3 is 18.9 Å². The van der Waals surface area contributed by atoms with E-state index in [1.165, 1.54) is 14.2 Å². The van der Waals surface area contributed by atoms with Gasteiger partial charge in [-0.1, -0.05) is 22.0 Å². The number of halogens is 1. The number of benzene rings is 2. The second kappa shape index (κ2) is 7.87. The number of methoxy groups -OCH3 is 2. The van der Waals surface area contributed by atoms with Crippen molar-refractivity contribution in [1.29, 1.82) is 0 Å². The average molecular weight is 381 g/mol. The maximum atomic E-state index is 12.3. The predicted molar refractivity (Wildman–Crippen MR) is 89.4 cm³/mol. The summed E-state index contributed by atoms with van der Waals surface area (Å²) >= 11 is 3.34. The molecule has 1 unspecified atom stereocenters. The first kappa shape index (κ1) is 17.1. The summed E-state index contributed by atoms with van der Waals surface area (Å²) in [6.45, 7) is 1.62. The van der Waals surface area contributed by atoms with Crippen molar-refractivity contribution in [2.75, 3.05) is 14.2 Å². The predicted octanol–water partition coefficient (Wildman–Crippen LogP) is 3.84. The summed E-state index contributed by atoms with van der Waals surface area (Å²) in [6, 6.07) is 12.3. The molecule has 0 saturated carbocycles. The monoisotopic (exact) mass is 380 g/mol. The maximum Gasteiger partial charge on any atom is 0.352 e. The molecular weight excluding hydrogens is 364 g/mol. The van der Waals surface area contributed by atoms with Crippen LogP contribution in [-0.4, -0.2) is 26.3 Å². The minimum atomic E-state index is -0.786. The molecule has 2 aromatic carbocycles. The smallest absolute Gasteiger partial charge is 0.352 e. The van der Waals surface area contributed by atoms with Crippen molar-refractivity contribution in [2.45, 2.75) is 13.0 Å². The van der Waals surface area contributed by atoms with E-state index in [1.54, 1.807) is 37.3 Å². The van der Waals surface area contributed by atoms with Crippen LogP contribution in [0.3, 0.4) is 0 Å². The van der Waals surface area contributed by atoms with Gasteiger partial charge in [-0.2, -0.15) is 0 Å². The summed E-state index contributed by atoms with van der Waals surface area (Å²) in [7, 11) is 2.99. The van der Waals surface area contributed by atoms with Crippen LogP contribution in [0.25, 0.3) is 0 Å². The number of para-hydroxylation sites is 1. The molecule has 1 atom stereocenters. The first-order valence-corrected chi connectivity index (χ1v) is 7.69. The summed E-state index contributed by atoms with van der Waals surface area (Å²) in [5.41, 5.74) is 0. The summed E-state index contributed by atoms with van der Waals surface area (Å²) < 4.78 is 22.3. The molecule has 0 bridgehead atoms. The first-order chi connectivity index (χ1) is 11.0. The SMILES string of the molecule is COc1cccc(OC)c1OC(=O)C(C)Oc1ccc(Br)cc1. The number of ether oxygens (including phenoxy) is 4. The van der Waals surface area contributed by atoms with E-state index in [0.29, 0.717) is 17.2 Å². The van der Waals surface area contributed by atoms with E-state index < -0.39 is 12.1 Å². The second-order valence-corrected chi connectivity index (χ2v) is 5.54. The molecule has 0 aliphatic rings. The largest absolute Gasteiger partial charge is 0.493 e. The zero-order valence-electron chi connectivity index (χ0n) is 13.0. The Morgan fingerprint density at radius 2 is 1.57 bits per heavy atom. The fourth-order valence-corrected chi connectivity index (χ4v) is 2.13. The van der Waals surface area contributed by atoms with Gasteiger partial charge >= 0.3 is 5.97 Å². The number of rotatable bonds is 6. The minimum absolute atomic E-state index is 0.230. The van der Waals surface area contributed by atoms with Crippen molar-refractivity contribution in [3.8, 4) is 23.0 Å². The molecule has 6 heteroatoms. The summed E-state index contributed by atoms with van der Waals surface area (Å²) in [5, 5.41) is 0. The van der Waals surface area contributed by atoms with Crippen molar-refractivity contribution >= 4 is 21.9 Å². The van der Waals surface area contributed by atoms with Crippen LogP contribution in [0.4, 0.5) is 0 Å². The van der Waals surface area contributed by atoms with Crippen LogP contribution < -0.4 is 18.9 Å². The fourth-order valence-electron chi connectivity index (χ4n) is 1.87. The van der Waals surface area contributed by atoms with E-state index in [4.69, 9.17) is 18.9 Å². The van der Waals surface area contributed by atoms with Gasteiger partial charge in [-0.15, -0.1) is 0 Å². The normalized spacial score (nSPS) is 11.5. The third-order valence-corrected chi connectivity index (χ3v) is 3.57. The lowest BCUT2D eigenvalue weighted by Gasteiger charge is -2.16. The Kier molecular flexibility index (Phi) is 5.87. The van der Waals surface area contributed by atoms with Gasteiger partial charge in [0.1, 0.15) is 5.75 Å². The molecule has 2 aromatic rings. The topological polar surface area (TPSA) is 54.0 Å². The lowest BCUT2D eigenvalue weighted by atomic mass is 10.3. The highest BCUT2D eigenvalue weighted by molar-refractivity contribution is 9.10. The van der Waals surface area contributed by atoms with Gasteiger partial charge in [0.25, 0.3) is 0 Å². The molecule has 0 radical (unpaired) electrons. The Labute approximate surface area is 143 Å². The molecule has 2 rings (SSSR count). The Morgan fingerprint density at radius 3 is 2.09 bits per heavy atom. The van der Waals surface area contributed by atoms with Crippen LogP contribution in [0, 0.1) is 0 Å². The zero-order chi connectivity index (χ0) is 16.8. The first-order valence-electron chi connectivity index (χ1n) is 6.90. The molecule has 0 amide bonds. The Morgan fingerprint density at radius 1 is 1.00 bits per heavy atom. The van der Waals surface area contributed by atoms with Crippen LogP contribution in [0.15, 0.2) is 46.9 Å².